The molecule has 0 fully saturated rings. The van der Waals surface area contributed by atoms with E-state index in [0.717, 1.165) is 36.4 Å². The third kappa shape index (κ3) is 3.17. The summed E-state index contributed by atoms with van der Waals surface area (Å²) in [6.45, 7) is -0.975. The molecule has 0 amide bonds. The van der Waals surface area contributed by atoms with Crippen LogP contribution < -0.4 is 4.72 Å². The molecule has 2 N–H and O–H groups in total. The van der Waals surface area contributed by atoms with Crippen LogP contribution in [0, 0.1) is 17.5 Å². The summed E-state index contributed by atoms with van der Waals surface area (Å²) < 4.78 is 66.0. The first-order valence-corrected chi connectivity index (χ1v) is 7.19. The second-order valence-electron chi connectivity index (χ2n) is 4.11. The van der Waals surface area contributed by atoms with E-state index in [4.69, 9.17) is 5.11 Å². The summed E-state index contributed by atoms with van der Waals surface area (Å²) in [5.74, 6) is -2.98. The number of aliphatic hydroxyl groups is 1. The van der Waals surface area contributed by atoms with Gasteiger partial charge in [0.25, 0.3) is 10.0 Å². The molecular weight excluding hydrogens is 307 g/mol. The number of hydrogen-bond donors (Lipinski definition) is 2. The Balaban J connectivity index is 2.42. The molecule has 0 saturated heterocycles. The van der Waals surface area contributed by atoms with E-state index in [2.05, 4.69) is 0 Å². The number of hydrogen-bond acceptors (Lipinski definition) is 3. The fourth-order valence-corrected chi connectivity index (χ4v) is 2.82. The maximum Gasteiger partial charge on any atom is 0.264 e. The van der Waals surface area contributed by atoms with Gasteiger partial charge in [0.05, 0.1) is 12.2 Å². The number of sulfonamides is 1. The molecule has 0 radical (unpaired) electrons. The maximum absolute atomic E-state index is 13.9. The molecule has 0 atom stereocenters. The predicted octanol–water partition coefficient (Wildman–Crippen LogP) is 2.40. The van der Waals surface area contributed by atoms with Crippen molar-refractivity contribution in [3.63, 3.8) is 0 Å². The van der Waals surface area contributed by atoms with Crippen molar-refractivity contribution in [3.05, 3.63) is 59.4 Å². The van der Waals surface area contributed by atoms with E-state index in [1.165, 1.54) is 0 Å². The monoisotopic (exact) mass is 317 g/mol. The van der Waals surface area contributed by atoms with E-state index < -0.39 is 44.5 Å². The van der Waals surface area contributed by atoms with Crippen LogP contribution in [0.5, 0.6) is 0 Å². The van der Waals surface area contributed by atoms with Gasteiger partial charge in [-0.15, -0.1) is 0 Å². The van der Waals surface area contributed by atoms with Gasteiger partial charge < -0.3 is 5.11 Å². The number of anilines is 1. The highest BCUT2D eigenvalue weighted by molar-refractivity contribution is 7.92. The molecule has 2 aromatic carbocycles. The largest absolute Gasteiger partial charge is 0.391 e. The van der Waals surface area contributed by atoms with E-state index in [0.29, 0.717) is 0 Å². The van der Waals surface area contributed by atoms with Crippen molar-refractivity contribution in [2.24, 2.45) is 0 Å². The molecule has 0 bridgehead atoms. The van der Waals surface area contributed by atoms with Gasteiger partial charge in [-0.25, -0.2) is 21.6 Å². The molecule has 2 aromatic rings. The smallest absolute Gasteiger partial charge is 0.264 e. The molecule has 0 spiro atoms. The van der Waals surface area contributed by atoms with Gasteiger partial charge in [-0.05, 0) is 36.4 Å². The number of rotatable bonds is 4. The maximum atomic E-state index is 13.9. The number of halogens is 3. The van der Waals surface area contributed by atoms with Crippen molar-refractivity contribution in [1.29, 1.82) is 0 Å². The molecule has 21 heavy (non-hydrogen) atoms. The molecule has 0 heterocycles. The molecule has 4 nitrogen and oxygen atoms in total. The molecule has 0 aliphatic heterocycles. The Morgan fingerprint density at radius 2 is 1.62 bits per heavy atom. The first-order chi connectivity index (χ1) is 9.85. The Hall–Kier alpha value is -2.06. The van der Waals surface area contributed by atoms with Crippen molar-refractivity contribution < 1.29 is 26.7 Å². The zero-order valence-corrected chi connectivity index (χ0v) is 11.3. The normalized spacial score (nSPS) is 11.4. The Labute approximate surface area is 118 Å². The van der Waals surface area contributed by atoms with Gasteiger partial charge in [0.1, 0.15) is 16.5 Å². The Morgan fingerprint density at radius 3 is 2.19 bits per heavy atom. The van der Waals surface area contributed by atoms with Crippen LogP contribution in [-0.2, 0) is 16.6 Å². The van der Waals surface area contributed by atoms with Gasteiger partial charge in [0, 0.05) is 5.69 Å². The van der Waals surface area contributed by atoms with Crippen LogP contribution in [0.1, 0.15) is 5.56 Å². The summed E-state index contributed by atoms with van der Waals surface area (Å²) in [6.07, 6.45) is 0. The molecular formula is C13H10F3NO3S. The van der Waals surface area contributed by atoms with E-state index in [1.54, 1.807) is 0 Å². The number of benzene rings is 2. The average molecular weight is 317 g/mol. The third-order valence-corrected chi connectivity index (χ3v) is 4.09. The molecule has 0 aliphatic rings. The second-order valence-corrected chi connectivity index (χ2v) is 5.76. The molecule has 0 aliphatic carbocycles. The Morgan fingerprint density at radius 1 is 1.00 bits per heavy atom. The highest BCUT2D eigenvalue weighted by Gasteiger charge is 2.23. The van der Waals surface area contributed by atoms with E-state index in [1.807, 2.05) is 4.72 Å². The zero-order valence-electron chi connectivity index (χ0n) is 10.5. The van der Waals surface area contributed by atoms with Crippen molar-refractivity contribution in [1.82, 2.24) is 0 Å². The highest BCUT2D eigenvalue weighted by Crippen LogP contribution is 2.23. The zero-order chi connectivity index (χ0) is 15.6. The summed E-state index contributed by atoms with van der Waals surface area (Å²) in [4.78, 5) is -0.808. The predicted molar refractivity (Wildman–Crippen MR) is 69.5 cm³/mol. The van der Waals surface area contributed by atoms with Crippen molar-refractivity contribution in [2.45, 2.75) is 11.5 Å². The average Bonchev–Trinajstić information content (AvgIpc) is 2.41. The van der Waals surface area contributed by atoms with Crippen LogP contribution in [-0.4, -0.2) is 13.5 Å². The minimum absolute atomic E-state index is 0.0191. The van der Waals surface area contributed by atoms with Crippen LogP contribution in [0.4, 0.5) is 18.9 Å². The standard InChI is InChI=1S/C13H10F3NO3S/c14-8-1-3-9(4-2-8)17-21(19,20)12-6-5-11(15)10(7-18)13(12)16/h1-6,17-18H,7H2. The SMILES string of the molecule is O=S(=O)(Nc1ccc(F)cc1)c1ccc(F)c(CO)c1F. The Bertz CT molecular complexity index is 761. The number of aliphatic hydroxyl groups excluding tert-OH is 1. The minimum Gasteiger partial charge on any atom is -0.391 e. The molecule has 112 valence electrons. The van der Waals surface area contributed by atoms with Crippen molar-refractivity contribution in [2.75, 3.05) is 4.72 Å². The van der Waals surface area contributed by atoms with Crippen molar-refractivity contribution >= 4 is 15.7 Å². The van der Waals surface area contributed by atoms with Crippen LogP contribution in [0.25, 0.3) is 0 Å². The summed E-state index contributed by atoms with van der Waals surface area (Å²) in [5, 5.41) is 8.87. The lowest BCUT2D eigenvalue weighted by molar-refractivity contribution is 0.267. The van der Waals surface area contributed by atoms with Crippen molar-refractivity contribution in [3.8, 4) is 0 Å². The molecule has 2 rings (SSSR count). The van der Waals surface area contributed by atoms with Crippen LogP contribution >= 0.6 is 0 Å². The third-order valence-electron chi connectivity index (χ3n) is 2.69. The van der Waals surface area contributed by atoms with Gasteiger partial charge in [0.15, 0.2) is 5.82 Å². The second kappa shape index (κ2) is 5.74. The first kappa shape index (κ1) is 15.3. The summed E-state index contributed by atoms with van der Waals surface area (Å²) >= 11 is 0. The molecule has 8 heteroatoms. The van der Waals surface area contributed by atoms with Crippen LogP contribution in [0.15, 0.2) is 41.3 Å². The lowest BCUT2D eigenvalue weighted by Crippen LogP contribution is -2.16. The van der Waals surface area contributed by atoms with Gasteiger partial charge in [-0.2, -0.15) is 0 Å². The van der Waals surface area contributed by atoms with E-state index >= 15 is 0 Å². The van der Waals surface area contributed by atoms with Gasteiger partial charge in [0.2, 0.25) is 0 Å². The molecule has 0 saturated carbocycles. The topological polar surface area (TPSA) is 66.4 Å². The summed E-state index contributed by atoms with van der Waals surface area (Å²) in [5.41, 5.74) is -0.720. The van der Waals surface area contributed by atoms with E-state index in [9.17, 15) is 21.6 Å². The van der Waals surface area contributed by atoms with E-state index in [-0.39, 0.29) is 5.69 Å². The van der Waals surface area contributed by atoms with Gasteiger partial charge in [-0.1, -0.05) is 0 Å². The lowest BCUT2D eigenvalue weighted by atomic mass is 10.2. The molecule has 0 unspecified atom stereocenters. The summed E-state index contributed by atoms with van der Waals surface area (Å²) in [7, 11) is -4.33. The lowest BCUT2D eigenvalue weighted by Gasteiger charge is -2.11. The Kier molecular flexibility index (Phi) is 4.19. The number of nitrogens with one attached hydrogen (secondary N) is 1. The van der Waals surface area contributed by atoms with Crippen LogP contribution in [0.2, 0.25) is 0 Å². The summed E-state index contributed by atoms with van der Waals surface area (Å²) in [6, 6.07) is 5.85. The van der Waals surface area contributed by atoms with Crippen LogP contribution in [0.3, 0.4) is 0 Å². The quantitative estimate of drug-likeness (QED) is 0.910. The van der Waals surface area contributed by atoms with Gasteiger partial charge in [-0.3, -0.25) is 4.72 Å². The van der Waals surface area contributed by atoms with Gasteiger partial charge >= 0.3 is 0 Å². The first-order valence-electron chi connectivity index (χ1n) is 5.71. The molecule has 0 aromatic heterocycles. The highest BCUT2D eigenvalue weighted by atomic mass is 32.2. The fraction of sp³-hybridized carbons (Fsp3) is 0.0769. The fourth-order valence-electron chi connectivity index (χ4n) is 1.66. The minimum atomic E-state index is -4.33.